The summed E-state index contributed by atoms with van der Waals surface area (Å²) < 4.78 is 41.6. The van der Waals surface area contributed by atoms with Gasteiger partial charge in [0, 0.05) is 33.2 Å². The molecule has 32 heavy (non-hydrogen) atoms. The van der Waals surface area contributed by atoms with E-state index in [9.17, 15) is 12.8 Å². The third-order valence-corrected chi connectivity index (χ3v) is 6.07. The fourth-order valence-electron chi connectivity index (χ4n) is 3.43. The van der Waals surface area contributed by atoms with Crippen LogP contribution in [0, 0.1) is 5.82 Å². The van der Waals surface area contributed by atoms with Crippen molar-refractivity contribution in [2.24, 2.45) is 10.1 Å². The number of hydrogen-bond donors (Lipinski definition) is 3. The van der Waals surface area contributed by atoms with E-state index < -0.39 is 10.0 Å². The van der Waals surface area contributed by atoms with Crippen LogP contribution >= 0.6 is 24.0 Å². The molecule has 1 fully saturated rings. The number of sulfonamides is 1. The van der Waals surface area contributed by atoms with Crippen molar-refractivity contribution < 1.29 is 17.5 Å². The van der Waals surface area contributed by atoms with Crippen LogP contribution in [0.15, 0.2) is 58.4 Å². The predicted molar refractivity (Wildman–Crippen MR) is 133 cm³/mol. The molecule has 0 radical (unpaired) electrons. The molecule has 0 saturated carbocycles. The van der Waals surface area contributed by atoms with E-state index in [-0.39, 0.29) is 40.7 Å². The maximum Gasteiger partial charge on any atom is 0.238 e. The molecule has 1 aliphatic rings. The van der Waals surface area contributed by atoms with Crippen LogP contribution < -0.4 is 15.8 Å². The number of morpholine rings is 1. The van der Waals surface area contributed by atoms with E-state index in [0.29, 0.717) is 32.3 Å². The van der Waals surface area contributed by atoms with Gasteiger partial charge >= 0.3 is 0 Å². The van der Waals surface area contributed by atoms with Gasteiger partial charge in [-0.2, -0.15) is 0 Å². The first-order valence-electron chi connectivity index (χ1n) is 10.0. The molecule has 2 aromatic carbocycles. The molecule has 2 aromatic rings. The lowest BCUT2D eigenvalue weighted by atomic mass is 10.0. The zero-order valence-electron chi connectivity index (χ0n) is 17.8. The van der Waals surface area contributed by atoms with Crippen molar-refractivity contribution >= 4 is 40.0 Å². The second kappa shape index (κ2) is 12.4. The average Bonchev–Trinajstić information content (AvgIpc) is 2.77. The Balaban J connectivity index is 0.00000363. The minimum Gasteiger partial charge on any atom is -0.379 e. The summed E-state index contributed by atoms with van der Waals surface area (Å²) >= 11 is 0. The fourth-order valence-corrected chi connectivity index (χ4v) is 3.94. The summed E-state index contributed by atoms with van der Waals surface area (Å²) in [6, 6.07) is 13.0. The Morgan fingerprint density at radius 1 is 1.12 bits per heavy atom. The Labute approximate surface area is 205 Å². The number of ether oxygens (including phenoxy) is 1. The summed E-state index contributed by atoms with van der Waals surface area (Å²) in [5.41, 5.74) is 1.91. The zero-order valence-corrected chi connectivity index (χ0v) is 21.0. The first-order chi connectivity index (χ1) is 14.9. The molecule has 1 saturated heterocycles. The zero-order chi connectivity index (χ0) is 22.3. The first-order valence-corrected chi connectivity index (χ1v) is 11.5. The lowest BCUT2D eigenvalue weighted by molar-refractivity contribution is 0.0170. The molecule has 0 amide bonds. The number of rotatable bonds is 7. The molecule has 3 rings (SSSR count). The van der Waals surface area contributed by atoms with Gasteiger partial charge in [0.05, 0.1) is 24.2 Å². The van der Waals surface area contributed by atoms with Gasteiger partial charge in [0.15, 0.2) is 5.96 Å². The average molecular weight is 577 g/mol. The highest BCUT2D eigenvalue weighted by atomic mass is 127. The van der Waals surface area contributed by atoms with Gasteiger partial charge in [-0.3, -0.25) is 9.89 Å². The Morgan fingerprint density at radius 2 is 1.75 bits per heavy atom. The number of aliphatic imine (C=N–C) groups is 1. The second-order valence-electron chi connectivity index (χ2n) is 7.21. The third-order valence-electron chi connectivity index (χ3n) is 5.14. The van der Waals surface area contributed by atoms with Gasteiger partial charge < -0.3 is 15.4 Å². The van der Waals surface area contributed by atoms with E-state index in [4.69, 9.17) is 9.88 Å². The van der Waals surface area contributed by atoms with Gasteiger partial charge in [0.25, 0.3) is 0 Å². The minimum absolute atomic E-state index is 0. The van der Waals surface area contributed by atoms with Gasteiger partial charge in [-0.15, -0.1) is 24.0 Å². The first kappa shape index (κ1) is 26.5. The largest absolute Gasteiger partial charge is 0.379 e. The SMILES string of the molecule is CN=C(NCc1ccc(S(N)(=O)=O)cc1)NCC(c1ccc(F)cc1)N1CCOCC1.I. The molecule has 0 aromatic heterocycles. The summed E-state index contributed by atoms with van der Waals surface area (Å²) in [6.07, 6.45) is 0. The van der Waals surface area contributed by atoms with Crippen molar-refractivity contribution in [2.45, 2.75) is 17.5 Å². The maximum absolute atomic E-state index is 13.4. The van der Waals surface area contributed by atoms with Crippen LogP contribution in [0.4, 0.5) is 4.39 Å². The molecule has 0 aliphatic carbocycles. The van der Waals surface area contributed by atoms with E-state index in [1.54, 1.807) is 31.3 Å². The Hall–Kier alpha value is -1.80. The van der Waals surface area contributed by atoms with Crippen molar-refractivity contribution in [3.63, 3.8) is 0 Å². The normalized spacial score (nSPS) is 16.2. The molecule has 1 atom stereocenters. The summed E-state index contributed by atoms with van der Waals surface area (Å²) in [5.74, 6) is 0.347. The van der Waals surface area contributed by atoms with Crippen LogP contribution in [0.3, 0.4) is 0 Å². The number of nitrogens with two attached hydrogens (primary N) is 1. The molecule has 1 aliphatic heterocycles. The van der Waals surface area contributed by atoms with Crippen LogP contribution in [-0.2, 0) is 21.3 Å². The van der Waals surface area contributed by atoms with E-state index in [0.717, 1.165) is 24.2 Å². The van der Waals surface area contributed by atoms with E-state index >= 15 is 0 Å². The van der Waals surface area contributed by atoms with Gasteiger partial charge in [0.1, 0.15) is 5.82 Å². The molecule has 0 bridgehead atoms. The number of halogens is 2. The number of nitrogens with zero attached hydrogens (tertiary/aromatic N) is 2. The van der Waals surface area contributed by atoms with E-state index in [1.165, 1.54) is 24.3 Å². The summed E-state index contributed by atoms with van der Waals surface area (Å²) in [4.78, 5) is 6.64. The molecule has 4 N–H and O–H groups in total. The topological polar surface area (TPSA) is 109 Å². The molecule has 11 heteroatoms. The number of benzene rings is 2. The Kier molecular flexibility index (Phi) is 10.3. The molecular weight excluding hydrogens is 548 g/mol. The molecule has 0 spiro atoms. The van der Waals surface area contributed by atoms with Crippen molar-refractivity contribution in [3.05, 3.63) is 65.5 Å². The number of primary sulfonamides is 1. The highest BCUT2D eigenvalue weighted by Gasteiger charge is 2.23. The smallest absolute Gasteiger partial charge is 0.238 e. The quantitative estimate of drug-likeness (QED) is 0.263. The van der Waals surface area contributed by atoms with Crippen molar-refractivity contribution in [1.29, 1.82) is 0 Å². The number of guanidine groups is 1. The van der Waals surface area contributed by atoms with Crippen LogP contribution in [0.25, 0.3) is 0 Å². The summed E-state index contributed by atoms with van der Waals surface area (Å²) in [5, 5.41) is 11.7. The third kappa shape index (κ3) is 7.66. The van der Waals surface area contributed by atoms with E-state index in [1.807, 2.05) is 0 Å². The molecule has 8 nitrogen and oxygen atoms in total. The molecule has 1 unspecified atom stereocenters. The lowest BCUT2D eigenvalue weighted by Crippen LogP contribution is -2.46. The standard InChI is InChI=1S/C21H28FN5O3S.HI/c1-24-21(25-14-16-2-8-19(9-3-16)31(23,28)29)26-15-20(27-10-12-30-13-11-27)17-4-6-18(22)7-5-17;/h2-9,20H,10-15H2,1H3,(H2,23,28,29)(H2,24,25,26);1H. The second-order valence-corrected chi connectivity index (χ2v) is 8.77. The lowest BCUT2D eigenvalue weighted by Gasteiger charge is -2.35. The number of hydrogen-bond acceptors (Lipinski definition) is 5. The van der Waals surface area contributed by atoms with Gasteiger partial charge in [-0.1, -0.05) is 24.3 Å². The highest BCUT2D eigenvalue weighted by molar-refractivity contribution is 14.0. The summed E-state index contributed by atoms with van der Waals surface area (Å²) in [6.45, 7) is 3.97. The van der Waals surface area contributed by atoms with Crippen molar-refractivity contribution in [1.82, 2.24) is 15.5 Å². The molecule has 1 heterocycles. The highest BCUT2D eigenvalue weighted by Crippen LogP contribution is 2.21. The maximum atomic E-state index is 13.4. The fraction of sp³-hybridized carbons (Fsp3) is 0.381. The molecule has 176 valence electrons. The van der Waals surface area contributed by atoms with Crippen LogP contribution in [-0.4, -0.2) is 59.2 Å². The van der Waals surface area contributed by atoms with Gasteiger partial charge in [-0.05, 0) is 35.4 Å². The Bertz CT molecular complexity index is 981. The number of nitrogens with one attached hydrogen (secondary N) is 2. The van der Waals surface area contributed by atoms with Crippen LogP contribution in [0.2, 0.25) is 0 Å². The predicted octanol–water partition coefficient (Wildman–Crippen LogP) is 1.83. The molecular formula is C21H29FIN5O3S. The van der Waals surface area contributed by atoms with Crippen LogP contribution in [0.5, 0.6) is 0 Å². The Morgan fingerprint density at radius 3 is 2.31 bits per heavy atom. The van der Waals surface area contributed by atoms with Crippen LogP contribution in [0.1, 0.15) is 17.2 Å². The monoisotopic (exact) mass is 577 g/mol. The summed E-state index contributed by atoms with van der Waals surface area (Å²) in [7, 11) is -2.03. The minimum atomic E-state index is -3.71. The van der Waals surface area contributed by atoms with Gasteiger partial charge in [-0.25, -0.2) is 17.9 Å². The van der Waals surface area contributed by atoms with Crippen molar-refractivity contribution in [2.75, 3.05) is 39.9 Å². The van der Waals surface area contributed by atoms with Crippen molar-refractivity contribution in [3.8, 4) is 0 Å². The van der Waals surface area contributed by atoms with Gasteiger partial charge in [0.2, 0.25) is 10.0 Å². The van der Waals surface area contributed by atoms with E-state index in [2.05, 4.69) is 20.5 Å².